The monoisotopic (exact) mass is 457 g/mol. The van der Waals surface area contributed by atoms with Gasteiger partial charge in [0, 0.05) is 23.0 Å². The lowest BCUT2D eigenvalue weighted by atomic mass is 10.1. The summed E-state index contributed by atoms with van der Waals surface area (Å²) in [6.07, 6.45) is 3.76. The molecule has 0 unspecified atom stereocenters. The van der Waals surface area contributed by atoms with Crippen LogP contribution in [0.1, 0.15) is 27.0 Å². The number of hydrogen-bond acceptors (Lipinski definition) is 5. The number of ether oxygens (including phenoxy) is 1. The topological polar surface area (TPSA) is 64.1 Å². The lowest BCUT2D eigenvalue weighted by Gasteiger charge is -2.11. The van der Waals surface area contributed by atoms with Crippen molar-refractivity contribution in [2.45, 2.75) is 6.61 Å². The van der Waals surface area contributed by atoms with Crippen LogP contribution >= 0.6 is 11.6 Å². The minimum atomic E-state index is -0.319. The van der Waals surface area contributed by atoms with Gasteiger partial charge in [-0.15, -0.1) is 0 Å². The Bertz CT molecular complexity index is 1360. The molecule has 0 aliphatic rings. The molecule has 1 aromatic heterocycles. The first-order valence-electron chi connectivity index (χ1n) is 9.92. The molecule has 0 amide bonds. The van der Waals surface area contributed by atoms with Crippen molar-refractivity contribution in [3.63, 3.8) is 0 Å². The van der Waals surface area contributed by atoms with E-state index in [1.165, 1.54) is 18.5 Å². The average molecular weight is 458 g/mol. The van der Waals surface area contributed by atoms with Gasteiger partial charge in [-0.05, 0) is 42.0 Å². The number of carbonyl (C=O) groups is 1. The molecule has 0 aliphatic heterocycles. The molecule has 1 N–H and O–H groups in total. The number of aromatic nitrogens is 2. The van der Waals surface area contributed by atoms with Crippen LogP contribution in [0.2, 0.25) is 5.02 Å². The summed E-state index contributed by atoms with van der Waals surface area (Å²) in [6.45, 7) is 0.193. The summed E-state index contributed by atoms with van der Waals surface area (Å²) < 4.78 is 19.0. The second kappa shape index (κ2) is 10.4. The lowest BCUT2D eigenvalue weighted by Crippen LogP contribution is -1.99. The Kier molecular flexibility index (Phi) is 6.93. The Labute approximate surface area is 195 Å². The minimum absolute atomic E-state index is 0.193. The Hall–Kier alpha value is -4.21. The molecule has 0 aliphatic carbocycles. The van der Waals surface area contributed by atoms with Gasteiger partial charge in [0.25, 0.3) is 0 Å². The van der Waals surface area contributed by atoms with Gasteiger partial charge in [0.1, 0.15) is 30.3 Å². The Morgan fingerprint density at radius 3 is 2.70 bits per heavy atom. The third-order valence-electron chi connectivity index (χ3n) is 4.61. The zero-order valence-electron chi connectivity index (χ0n) is 17.3. The van der Waals surface area contributed by atoms with Crippen molar-refractivity contribution in [1.29, 1.82) is 0 Å². The zero-order valence-corrected chi connectivity index (χ0v) is 18.0. The van der Waals surface area contributed by atoms with E-state index in [4.69, 9.17) is 16.3 Å². The summed E-state index contributed by atoms with van der Waals surface area (Å²) in [7, 11) is 0. The average Bonchev–Trinajstić information content (AvgIpc) is 2.83. The van der Waals surface area contributed by atoms with Crippen molar-refractivity contribution in [2.75, 3.05) is 5.32 Å². The molecule has 0 spiro atoms. The maximum atomic E-state index is 13.3. The molecule has 33 heavy (non-hydrogen) atoms. The molecule has 4 aromatic rings. The van der Waals surface area contributed by atoms with Crippen LogP contribution in [-0.2, 0) is 6.61 Å². The number of nitrogens with one attached hydrogen (secondary N) is 1. The molecule has 0 fully saturated rings. The Balaban J connectivity index is 1.50. The standard InChI is InChI=1S/C26H17ClFN3O2/c27-24-13-23(10-11-25(24)33-16-18-4-3-7-22(28)12-18)31-26-20(14-29-17-30-26)9-8-19-5-1-2-6-21(19)15-32/h1-7,10-15,17H,16H2,(H,29,30,31). The van der Waals surface area contributed by atoms with E-state index in [1.54, 1.807) is 54.7 Å². The number of aldehydes is 1. The first-order chi connectivity index (χ1) is 16.1. The van der Waals surface area contributed by atoms with Crippen molar-refractivity contribution < 1.29 is 13.9 Å². The fourth-order valence-corrected chi connectivity index (χ4v) is 3.22. The molecule has 0 radical (unpaired) electrons. The molecular formula is C26H17ClFN3O2. The number of carbonyl (C=O) groups excluding carboxylic acids is 1. The highest BCUT2D eigenvalue weighted by molar-refractivity contribution is 6.32. The van der Waals surface area contributed by atoms with E-state index in [2.05, 4.69) is 27.1 Å². The third kappa shape index (κ3) is 5.73. The number of anilines is 2. The van der Waals surface area contributed by atoms with E-state index in [-0.39, 0.29) is 12.4 Å². The summed E-state index contributed by atoms with van der Waals surface area (Å²) in [5, 5.41) is 3.56. The summed E-state index contributed by atoms with van der Waals surface area (Å²) in [6, 6.07) is 18.5. The van der Waals surface area contributed by atoms with E-state index < -0.39 is 0 Å². The fraction of sp³-hybridized carbons (Fsp3) is 0.0385. The third-order valence-corrected chi connectivity index (χ3v) is 4.91. The van der Waals surface area contributed by atoms with Gasteiger partial charge in [-0.3, -0.25) is 4.79 Å². The van der Waals surface area contributed by atoms with Crippen LogP contribution in [0.25, 0.3) is 0 Å². The smallest absolute Gasteiger partial charge is 0.151 e. The Morgan fingerprint density at radius 2 is 1.88 bits per heavy atom. The van der Waals surface area contributed by atoms with Crippen molar-refractivity contribution in [2.24, 2.45) is 0 Å². The highest BCUT2D eigenvalue weighted by atomic mass is 35.5. The van der Waals surface area contributed by atoms with Crippen molar-refractivity contribution in [3.8, 4) is 17.6 Å². The first-order valence-corrected chi connectivity index (χ1v) is 10.3. The SMILES string of the molecule is O=Cc1ccccc1C#Cc1cncnc1Nc1ccc(OCc2cccc(F)c2)c(Cl)c1. The lowest BCUT2D eigenvalue weighted by molar-refractivity contribution is 0.112. The number of hydrogen-bond donors (Lipinski definition) is 1. The van der Waals surface area contributed by atoms with Crippen LogP contribution in [0.15, 0.2) is 79.3 Å². The van der Waals surface area contributed by atoms with Gasteiger partial charge >= 0.3 is 0 Å². The number of nitrogens with zero attached hydrogens (tertiary/aromatic N) is 2. The van der Waals surface area contributed by atoms with Crippen LogP contribution in [0.5, 0.6) is 5.75 Å². The molecule has 0 saturated carbocycles. The summed E-state index contributed by atoms with van der Waals surface area (Å²) in [5.41, 5.74) is 3.06. The van der Waals surface area contributed by atoms with E-state index in [0.29, 0.717) is 44.5 Å². The van der Waals surface area contributed by atoms with E-state index in [9.17, 15) is 9.18 Å². The van der Waals surface area contributed by atoms with Crippen LogP contribution in [0, 0.1) is 17.7 Å². The van der Waals surface area contributed by atoms with Gasteiger partial charge in [0.2, 0.25) is 0 Å². The molecule has 3 aromatic carbocycles. The molecule has 0 saturated heterocycles. The van der Waals surface area contributed by atoms with E-state index >= 15 is 0 Å². The summed E-state index contributed by atoms with van der Waals surface area (Å²) in [4.78, 5) is 19.5. The fourth-order valence-electron chi connectivity index (χ4n) is 2.99. The number of halogens is 2. The van der Waals surface area contributed by atoms with Crippen LogP contribution in [0.3, 0.4) is 0 Å². The first kappa shape index (κ1) is 22.0. The molecule has 5 nitrogen and oxygen atoms in total. The summed E-state index contributed by atoms with van der Waals surface area (Å²) in [5.74, 6) is 6.64. The predicted molar refractivity (Wildman–Crippen MR) is 125 cm³/mol. The highest BCUT2D eigenvalue weighted by Crippen LogP contribution is 2.30. The van der Waals surface area contributed by atoms with E-state index in [1.807, 2.05) is 6.07 Å². The molecule has 0 atom stereocenters. The zero-order chi connectivity index (χ0) is 23.0. The molecule has 7 heteroatoms. The number of benzene rings is 3. The molecule has 1 heterocycles. The van der Waals surface area contributed by atoms with Crippen LogP contribution < -0.4 is 10.1 Å². The maximum absolute atomic E-state index is 13.3. The van der Waals surface area contributed by atoms with Crippen molar-refractivity contribution >= 4 is 29.4 Å². The number of rotatable bonds is 6. The van der Waals surface area contributed by atoms with Gasteiger partial charge in [-0.1, -0.05) is 53.8 Å². The normalized spacial score (nSPS) is 10.1. The quantitative estimate of drug-likeness (QED) is 0.292. The molecule has 162 valence electrons. The second-order valence-corrected chi connectivity index (χ2v) is 7.34. The minimum Gasteiger partial charge on any atom is -0.487 e. The van der Waals surface area contributed by atoms with Crippen LogP contribution in [0.4, 0.5) is 15.9 Å². The van der Waals surface area contributed by atoms with Gasteiger partial charge < -0.3 is 10.1 Å². The predicted octanol–water partition coefficient (Wildman–Crippen LogP) is 5.80. The van der Waals surface area contributed by atoms with Gasteiger partial charge in [-0.25, -0.2) is 14.4 Å². The van der Waals surface area contributed by atoms with Crippen molar-refractivity contribution in [1.82, 2.24) is 9.97 Å². The second-order valence-electron chi connectivity index (χ2n) is 6.93. The molecule has 0 bridgehead atoms. The van der Waals surface area contributed by atoms with Gasteiger partial charge in [-0.2, -0.15) is 0 Å². The Morgan fingerprint density at radius 1 is 1.03 bits per heavy atom. The molecule has 4 rings (SSSR count). The molecular weight excluding hydrogens is 441 g/mol. The maximum Gasteiger partial charge on any atom is 0.151 e. The van der Waals surface area contributed by atoms with Gasteiger partial charge in [0.05, 0.1) is 10.6 Å². The highest BCUT2D eigenvalue weighted by Gasteiger charge is 2.07. The summed E-state index contributed by atoms with van der Waals surface area (Å²) >= 11 is 6.37. The van der Waals surface area contributed by atoms with Gasteiger partial charge in [0.15, 0.2) is 6.29 Å². The van der Waals surface area contributed by atoms with E-state index in [0.717, 1.165) is 6.29 Å². The van der Waals surface area contributed by atoms with Crippen molar-refractivity contribution in [3.05, 3.63) is 112 Å². The largest absolute Gasteiger partial charge is 0.487 e. The van der Waals surface area contributed by atoms with Crippen LogP contribution in [-0.4, -0.2) is 16.3 Å².